The van der Waals surface area contributed by atoms with E-state index in [4.69, 9.17) is 4.74 Å². The molecule has 0 N–H and O–H groups in total. The van der Waals surface area contributed by atoms with Crippen molar-refractivity contribution in [2.45, 2.75) is 10.9 Å². The molecular weight excluding hydrogens is 489 g/mol. The first-order valence-corrected chi connectivity index (χ1v) is 13.1. The van der Waals surface area contributed by atoms with E-state index in [0.29, 0.717) is 33.7 Å². The molecule has 0 radical (unpaired) electrons. The molecule has 0 saturated carbocycles. The summed E-state index contributed by atoms with van der Waals surface area (Å²) in [5.41, 5.74) is 2.79. The van der Waals surface area contributed by atoms with E-state index in [2.05, 4.69) is 22.1 Å². The molecule has 0 spiro atoms. The molecule has 7 nitrogen and oxygen atoms in total. The summed E-state index contributed by atoms with van der Waals surface area (Å²) in [7, 11) is 3.67. The lowest BCUT2D eigenvalue weighted by Gasteiger charge is -2.32. The third kappa shape index (κ3) is 5.52. The van der Waals surface area contributed by atoms with Crippen LogP contribution in [0.2, 0.25) is 0 Å². The van der Waals surface area contributed by atoms with E-state index in [1.54, 1.807) is 29.9 Å². The van der Waals surface area contributed by atoms with Crippen LogP contribution in [-0.4, -0.2) is 70.8 Å². The minimum atomic E-state index is -0.368. The molecule has 1 aromatic heterocycles. The molecule has 0 unspecified atom stereocenters. The van der Waals surface area contributed by atoms with Gasteiger partial charge in [-0.15, -0.1) is 10.2 Å². The SMILES string of the molecule is COc1cccc(-c2nnc(SCc3cccc(C(=O)N4CCN(C)CC4)c3)n2-c2ccccc2F)c1. The molecule has 37 heavy (non-hydrogen) atoms. The largest absolute Gasteiger partial charge is 0.497 e. The molecule has 1 fully saturated rings. The van der Waals surface area contributed by atoms with Crippen LogP contribution < -0.4 is 4.74 Å². The van der Waals surface area contributed by atoms with Gasteiger partial charge in [-0.1, -0.05) is 48.2 Å². The van der Waals surface area contributed by atoms with E-state index in [0.717, 1.165) is 37.3 Å². The Morgan fingerprint density at radius 3 is 2.54 bits per heavy atom. The fraction of sp³-hybridized carbons (Fsp3) is 0.250. The number of para-hydroxylation sites is 1. The van der Waals surface area contributed by atoms with Crippen molar-refractivity contribution in [2.24, 2.45) is 0 Å². The number of amides is 1. The Kier molecular flexibility index (Phi) is 7.52. The van der Waals surface area contributed by atoms with Gasteiger partial charge >= 0.3 is 0 Å². The first kappa shape index (κ1) is 25.0. The molecule has 2 heterocycles. The maximum Gasteiger partial charge on any atom is 0.253 e. The van der Waals surface area contributed by atoms with Crippen LogP contribution in [0.3, 0.4) is 0 Å². The minimum Gasteiger partial charge on any atom is -0.497 e. The summed E-state index contributed by atoms with van der Waals surface area (Å²) in [5.74, 6) is 1.43. The van der Waals surface area contributed by atoms with Crippen molar-refractivity contribution in [2.75, 3.05) is 40.3 Å². The van der Waals surface area contributed by atoms with Crippen LogP contribution >= 0.6 is 11.8 Å². The normalized spacial score (nSPS) is 14.1. The van der Waals surface area contributed by atoms with Crippen molar-refractivity contribution in [1.29, 1.82) is 0 Å². The van der Waals surface area contributed by atoms with Gasteiger partial charge < -0.3 is 14.5 Å². The zero-order chi connectivity index (χ0) is 25.8. The summed E-state index contributed by atoms with van der Waals surface area (Å²) >= 11 is 1.45. The molecule has 1 amide bonds. The van der Waals surface area contributed by atoms with Crippen LogP contribution in [0.4, 0.5) is 4.39 Å². The van der Waals surface area contributed by atoms with E-state index < -0.39 is 0 Å². The monoisotopic (exact) mass is 517 g/mol. The standard InChI is InChI=1S/C28H28FN5O2S/c1-32-13-15-33(16-14-32)27(35)22-9-5-7-20(17-22)19-37-28-31-30-26(21-8-6-10-23(18-21)36-2)34(28)25-12-4-3-11-24(25)29/h3-12,17-18H,13-16,19H2,1-2H3. The lowest BCUT2D eigenvalue weighted by atomic mass is 10.1. The predicted octanol–water partition coefficient (Wildman–Crippen LogP) is 4.76. The van der Waals surface area contributed by atoms with E-state index in [9.17, 15) is 9.18 Å². The van der Waals surface area contributed by atoms with Crippen molar-refractivity contribution in [3.63, 3.8) is 0 Å². The number of carbonyl (C=O) groups is 1. The number of likely N-dealkylation sites (N-methyl/N-ethyl adjacent to an activating group) is 1. The van der Waals surface area contributed by atoms with Crippen molar-refractivity contribution in [3.05, 3.63) is 89.7 Å². The summed E-state index contributed by atoms with van der Waals surface area (Å²) in [6.07, 6.45) is 0. The average molecular weight is 518 g/mol. The summed E-state index contributed by atoms with van der Waals surface area (Å²) in [6.45, 7) is 3.21. The number of piperazine rings is 1. The third-order valence-corrected chi connectivity index (χ3v) is 7.39. The van der Waals surface area contributed by atoms with Crippen molar-refractivity contribution in [3.8, 4) is 22.8 Å². The van der Waals surface area contributed by atoms with Crippen LogP contribution in [0.5, 0.6) is 5.75 Å². The molecule has 0 bridgehead atoms. The average Bonchev–Trinajstić information content (AvgIpc) is 3.36. The Balaban J connectivity index is 1.42. The lowest BCUT2D eigenvalue weighted by Crippen LogP contribution is -2.47. The highest BCUT2D eigenvalue weighted by Gasteiger charge is 2.22. The summed E-state index contributed by atoms with van der Waals surface area (Å²) < 4.78 is 22.0. The van der Waals surface area contributed by atoms with Gasteiger partial charge in [-0.3, -0.25) is 9.36 Å². The van der Waals surface area contributed by atoms with Crippen LogP contribution in [0.25, 0.3) is 17.1 Å². The molecule has 0 atom stereocenters. The minimum absolute atomic E-state index is 0.0507. The number of nitrogens with zero attached hydrogens (tertiary/aromatic N) is 5. The fourth-order valence-corrected chi connectivity index (χ4v) is 5.18. The molecular formula is C28H28FN5O2S. The quantitative estimate of drug-likeness (QED) is 0.330. The number of hydrogen-bond acceptors (Lipinski definition) is 6. The molecule has 190 valence electrons. The first-order valence-electron chi connectivity index (χ1n) is 12.1. The van der Waals surface area contributed by atoms with Gasteiger partial charge in [-0.2, -0.15) is 0 Å². The van der Waals surface area contributed by atoms with Gasteiger partial charge in [0.15, 0.2) is 11.0 Å². The number of ether oxygens (including phenoxy) is 1. The van der Waals surface area contributed by atoms with Gasteiger partial charge in [-0.05, 0) is 49.0 Å². The number of thioether (sulfide) groups is 1. The van der Waals surface area contributed by atoms with Crippen LogP contribution in [0, 0.1) is 5.82 Å². The number of benzene rings is 3. The molecule has 1 aliphatic rings. The second-order valence-corrected chi connectivity index (χ2v) is 9.85. The second-order valence-electron chi connectivity index (χ2n) is 8.91. The molecule has 0 aliphatic carbocycles. The number of halogens is 1. The zero-order valence-corrected chi connectivity index (χ0v) is 21.6. The van der Waals surface area contributed by atoms with Crippen molar-refractivity contribution in [1.82, 2.24) is 24.6 Å². The molecule has 1 aliphatic heterocycles. The highest BCUT2D eigenvalue weighted by Crippen LogP contribution is 2.32. The maximum atomic E-state index is 14.9. The van der Waals surface area contributed by atoms with E-state index in [1.807, 2.05) is 53.4 Å². The van der Waals surface area contributed by atoms with Crippen LogP contribution in [-0.2, 0) is 5.75 Å². The Hall–Kier alpha value is -3.69. The molecule has 3 aromatic carbocycles. The Bertz CT molecular complexity index is 1400. The lowest BCUT2D eigenvalue weighted by molar-refractivity contribution is 0.0664. The van der Waals surface area contributed by atoms with Crippen molar-refractivity contribution >= 4 is 17.7 Å². The molecule has 4 aromatic rings. The fourth-order valence-electron chi connectivity index (χ4n) is 4.30. The third-order valence-electron chi connectivity index (χ3n) is 6.39. The molecule has 1 saturated heterocycles. The van der Waals surface area contributed by atoms with Gasteiger partial charge in [0.25, 0.3) is 5.91 Å². The Morgan fingerprint density at radius 2 is 1.76 bits per heavy atom. The summed E-state index contributed by atoms with van der Waals surface area (Å²) in [4.78, 5) is 17.2. The maximum absolute atomic E-state index is 14.9. The zero-order valence-electron chi connectivity index (χ0n) is 20.8. The van der Waals surface area contributed by atoms with Crippen molar-refractivity contribution < 1.29 is 13.9 Å². The number of hydrogen-bond donors (Lipinski definition) is 0. The molecule has 9 heteroatoms. The highest BCUT2D eigenvalue weighted by atomic mass is 32.2. The van der Waals surface area contributed by atoms with E-state index in [1.165, 1.54) is 17.8 Å². The van der Waals surface area contributed by atoms with Crippen LogP contribution in [0.1, 0.15) is 15.9 Å². The number of aromatic nitrogens is 3. The number of carbonyl (C=O) groups excluding carboxylic acids is 1. The molecule has 5 rings (SSSR count). The van der Waals surface area contributed by atoms with Gasteiger partial charge in [0.1, 0.15) is 11.6 Å². The first-order chi connectivity index (χ1) is 18.0. The Labute approximate surface area is 219 Å². The van der Waals surface area contributed by atoms with E-state index in [-0.39, 0.29) is 11.7 Å². The van der Waals surface area contributed by atoms with Gasteiger partial charge in [0.05, 0.1) is 12.8 Å². The topological polar surface area (TPSA) is 63.5 Å². The predicted molar refractivity (Wildman–Crippen MR) is 143 cm³/mol. The summed E-state index contributed by atoms with van der Waals surface area (Å²) in [6, 6.07) is 21.7. The van der Waals surface area contributed by atoms with Gasteiger partial charge in [-0.25, -0.2) is 4.39 Å². The second kappa shape index (κ2) is 11.1. The number of rotatable bonds is 7. The van der Waals surface area contributed by atoms with E-state index >= 15 is 0 Å². The van der Waals surface area contributed by atoms with Crippen LogP contribution in [0.15, 0.2) is 78.0 Å². The van der Waals surface area contributed by atoms with Gasteiger partial charge in [0.2, 0.25) is 0 Å². The highest BCUT2D eigenvalue weighted by molar-refractivity contribution is 7.98. The van der Waals surface area contributed by atoms with Gasteiger partial charge in [0, 0.05) is 43.1 Å². The Morgan fingerprint density at radius 1 is 0.973 bits per heavy atom. The smallest absolute Gasteiger partial charge is 0.253 e. The number of methoxy groups -OCH3 is 1. The summed E-state index contributed by atoms with van der Waals surface area (Å²) in [5, 5.41) is 9.37.